The number of rotatable bonds is 5. The lowest BCUT2D eigenvalue weighted by atomic mass is 10.1. The number of hydrogen-bond acceptors (Lipinski definition) is 4. The largest absolute Gasteiger partial charge is 0.467 e. The van der Waals surface area contributed by atoms with Crippen LogP contribution in [0.15, 0.2) is 58.1 Å². The van der Waals surface area contributed by atoms with Gasteiger partial charge < -0.3 is 23.9 Å². The fourth-order valence-electron chi connectivity index (χ4n) is 3.55. The van der Waals surface area contributed by atoms with Gasteiger partial charge in [0.15, 0.2) is 0 Å². The van der Waals surface area contributed by atoms with E-state index in [0.29, 0.717) is 35.3 Å². The number of amides is 2. The maximum Gasteiger partial charge on any atom is 0.322 e. The van der Waals surface area contributed by atoms with E-state index in [1.807, 2.05) is 24.3 Å². The number of benzene rings is 1. The van der Waals surface area contributed by atoms with Gasteiger partial charge >= 0.3 is 6.03 Å². The molecule has 0 spiro atoms. The van der Waals surface area contributed by atoms with Crippen LogP contribution in [0.25, 0.3) is 10.8 Å². The molecule has 1 aromatic carbocycles. The number of carbonyl (C=O) groups is 1. The van der Waals surface area contributed by atoms with Crippen LogP contribution in [0.2, 0.25) is 0 Å². The molecule has 0 aliphatic carbocycles. The summed E-state index contributed by atoms with van der Waals surface area (Å²) in [5.74, 6) is 0.707. The first-order chi connectivity index (χ1) is 13.6. The summed E-state index contributed by atoms with van der Waals surface area (Å²) in [5, 5.41) is 4.26. The predicted molar refractivity (Wildman–Crippen MR) is 106 cm³/mol. The second-order valence-electron chi connectivity index (χ2n) is 7.03. The Hall–Kier alpha value is -3.06. The van der Waals surface area contributed by atoms with E-state index in [1.54, 1.807) is 36.5 Å². The first-order valence-electron chi connectivity index (χ1n) is 9.40. The molecular weight excluding hydrogens is 358 g/mol. The summed E-state index contributed by atoms with van der Waals surface area (Å²) in [7, 11) is 1.68. The fourth-order valence-corrected chi connectivity index (χ4v) is 3.55. The molecule has 1 saturated heterocycles. The van der Waals surface area contributed by atoms with E-state index in [-0.39, 0.29) is 17.7 Å². The molecule has 1 atom stereocenters. The molecule has 3 aromatic rings. The average Bonchev–Trinajstić information content (AvgIpc) is 3.39. The highest BCUT2D eigenvalue weighted by molar-refractivity contribution is 6.00. The van der Waals surface area contributed by atoms with Gasteiger partial charge in [-0.1, -0.05) is 18.2 Å². The highest BCUT2D eigenvalue weighted by atomic mass is 16.5. The van der Waals surface area contributed by atoms with Crippen molar-refractivity contribution in [2.75, 3.05) is 18.5 Å². The number of furan rings is 1. The van der Waals surface area contributed by atoms with Gasteiger partial charge in [0.1, 0.15) is 5.76 Å². The molecule has 1 aliphatic rings. The number of pyridine rings is 1. The minimum atomic E-state index is -0.254. The summed E-state index contributed by atoms with van der Waals surface area (Å²) >= 11 is 0. The molecule has 7 heteroatoms. The number of aromatic nitrogens is 1. The van der Waals surface area contributed by atoms with E-state index in [0.717, 1.165) is 19.4 Å². The van der Waals surface area contributed by atoms with Crippen molar-refractivity contribution in [2.45, 2.75) is 25.5 Å². The second-order valence-corrected chi connectivity index (χ2v) is 7.03. The van der Waals surface area contributed by atoms with Gasteiger partial charge in [0.2, 0.25) is 0 Å². The highest BCUT2D eigenvalue weighted by Crippen LogP contribution is 2.22. The molecule has 0 unspecified atom stereocenters. The molecule has 0 saturated carbocycles. The molecule has 1 fully saturated rings. The van der Waals surface area contributed by atoms with Crippen molar-refractivity contribution in [3.8, 4) is 0 Å². The second kappa shape index (κ2) is 7.90. The standard InChI is InChI=1S/C21H23N3O4/c1-23-14-19(17-8-2-3-9-18(17)20(23)25)22-21(26)24(12-15-6-4-10-27-15)13-16-7-5-11-28-16/h2-4,6,8-10,14,16H,5,7,11-13H2,1H3,(H,22,26)/t16-/m1/s1. The van der Waals surface area contributed by atoms with Crippen LogP contribution in [0.1, 0.15) is 18.6 Å². The van der Waals surface area contributed by atoms with E-state index in [9.17, 15) is 9.59 Å². The fraction of sp³-hybridized carbons (Fsp3) is 0.333. The van der Waals surface area contributed by atoms with Crippen molar-refractivity contribution in [1.82, 2.24) is 9.47 Å². The lowest BCUT2D eigenvalue weighted by Gasteiger charge is -2.25. The van der Waals surface area contributed by atoms with Crippen LogP contribution in [0, 0.1) is 0 Å². The number of fused-ring (bicyclic) bond motifs is 1. The molecule has 2 amide bonds. The van der Waals surface area contributed by atoms with Gasteiger partial charge in [0.25, 0.3) is 5.56 Å². The zero-order valence-corrected chi connectivity index (χ0v) is 15.8. The predicted octanol–water partition coefficient (Wildman–Crippen LogP) is 3.34. The Kier molecular flexibility index (Phi) is 5.16. The molecular formula is C21H23N3O4. The SMILES string of the molecule is Cn1cc(NC(=O)N(Cc2ccco2)C[C@H]2CCCO2)c2ccccc2c1=O. The number of aryl methyl sites for hydroxylation is 1. The molecule has 0 radical (unpaired) electrons. The van der Waals surface area contributed by atoms with E-state index < -0.39 is 0 Å². The Morgan fingerprint density at radius 3 is 2.79 bits per heavy atom. The normalized spacial score (nSPS) is 16.4. The molecule has 7 nitrogen and oxygen atoms in total. The summed E-state index contributed by atoms with van der Waals surface area (Å²) in [6.07, 6.45) is 5.21. The van der Waals surface area contributed by atoms with Crippen molar-refractivity contribution in [2.24, 2.45) is 7.05 Å². The van der Waals surface area contributed by atoms with E-state index in [2.05, 4.69) is 5.32 Å². The third-order valence-electron chi connectivity index (χ3n) is 4.99. The summed E-state index contributed by atoms with van der Waals surface area (Å²) < 4.78 is 12.6. The third kappa shape index (κ3) is 3.80. The molecule has 146 valence electrons. The summed E-state index contributed by atoms with van der Waals surface area (Å²) in [5.41, 5.74) is 0.500. The van der Waals surface area contributed by atoms with Crippen LogP contribution in [0.3, 0.4) is 0 Å². The molecule has 4 rings (SSSR count). The molecule has 28 heavy (non-hydrogen) atoms. The molecule has 1 aliphatic heterocycles. The number of hydrogen-bond donors (Lipinski definition) is 1. The van der Waals surface area contributed by atoms with Crippen molar-refractivity contribution >= 4 is 22.5 Å². The number of nitrogens with one attached hydrogen (secondary N) is 1. The van der Waals surface area contributed by atoms with Gasteiger partial charge in [-0.3, -0.25) is 4.79 Å². The van der Waals surface area contributed by atoms with Crippen LogP contribution >= 0.6 is 0 Å². The van der Waals surface area contributed by atoms with Gasteiger partial charge in [-0.25, -0.2) is 4.79 Å². The number of urea groups is 1. The van der Waals surface area contributed by atoms with Crippen molar-refractivity contribution in [3.05, 3.63) is 65.0 Å². The summed E-state index contributed by atoms with van der Waals surface area (Å²) in [6, 6.07) is 10.7. The lowest BCUT2D eigenvalue weighted by Crippen LogP contribution is -2.39. The van der Waals surface area contributed by atoms with Crippen LogP contribution in [-0.2, 0) is 18.3 Å². The van der Waals surface area contributed by atoms with E-state index in [1.165, 1.54) is 4.57 Å². The van der Waals surface area contributed by atoms with Crippen LogP contribution < -0.4 is 10.9 Å². The Morgan fingerprint density at radius 1 is 1.25 bits per heavy atom. The van der Waals surface area contributed by atoms with Gasteiger partial charge in [-0.05, 0) is 31.0 Å². The first kappa shape index (κ1) is 18.3. The monoisotopic (exact) mass is 381 g/mol. The minimum Gasteiger partial charge on any atom is -0.467 e. The molecule has 0 bridgehead atoms. The quantitative estimate of drug-likeness (QED) is 0.735. The van der Waals surface area contributed by atoms with Crippen LogP contribution in [-0.4, -0.2) is 34.8 Å². The summed E-state index contributed by atoms with van der Waals surface area (Å²) in [6.45, 7) is 1.56. The van der Waals surface area contributed by atoms with Gasteiger partial charge in [0.05, 0.1) is 24.6 Å². The van der Waals surface area contributed by atoms with Crippen molar-refractivity contribution in [3.63, 3.8) is 0 Å². The maximum atomic E-state index is 13.1. The number of carbonyl (C=O) groups excluding carboxylic acids is 1. The van der Waals surface area contributed by atoms with E-state index in [4.69, 9.17) is 9.15 Å². The smallest absolute Gasteiger partial charge is 0.322 e. The van der Waals surface area contributed by atoms with Gasteiger partial charge in [-0.2, -0.15) is 0 Å². The molecule has 3 heterocycles. The number of ether oxygens (including phenoxy) is 1. The molecule has 1 N–H and O–H groups in total. The van der Waals surface area contributed by atoms with E-state index >= 15 is 0 Å². The van der Waals surface area contributed by atoms with Crippen molar-refractivity contribution < 1.29 is 13.9 Å². The highest BCUT2D eigenvalue weighted by Gasteiger charge is 2.24. The average molecular weight is 381 g/mol. The Balaban J connectivity index is 1.61. The number of anilines is 1. The third-order valence-corrected chi connectivity index (χ3v) is 4.99. The zero-order chi connectivity index (χ0) is 19.5. The maximum absolute atomic E-state index is 13.1. The minimum absolute atomic E-state index is 0.0255. The Labute approximate surface area is 162 Å². The number of nitrogens with zero attached hydrogens (tertiary/aromatic N) is 2. The van der Waals surface area contributed by atoms with Crippen LogP contribution in [0.4, 0.5) is 10.5 Å². The van der Waals surface area contributed by atoms with Crippen molar-refractivity contribution in [1.29, 1.82) is 0 Å². The summed E-state index contributed by atoms with van der Waals surface area (Å²) in [4.78, 5) is 27.1. The van der Waals surface area contributed by atoms with Gasteiger partial charge in [-0.15, -0.1) is 0 Å². The Bertz CT molecular complexity index is 1020. The Morgan fingerprint density at radius 2 is 2.07 bits per heavy atom. The lowest BCUT2D eigenvalue weighted by molar-refractivity contribution is 0.0803. The topological polar surface area (TPSA) is 76.7 Å². The zero-order valence-electron chi connectivity index (χ0n) is 15.8. The molecule has 2 aromatic heterocycles. The first-order valence-corrected chi connectivity index (χ1v) is 9.40. The van der Waals surface area contributed by atoms with Crippen LogP contribution in [0.5, 0.6) is 0 Å². The van der Waals surface area contributed by atoms with Gasteiger partial charge in [0, 0.05) is 37.2 Å².